The Hall–Kier alpha value is -2.53. The Morgan fingerprint density at radius 2 is 1.91 bits per heavy atom. The molecule has 0 aliphatic carbocycles. The van der Waals surface area contributed by atoms with Gasteiger partial charge in [-0.15, -0.1) is 0 Å². The van der Waals surface area contributed by atoms with E-state index in [1.165, 1.54) is 0 Å². The summed E-state index contributed by atoms with van der Waals surface area (Å²) in [4.78, 5) is 12.2. The minimum absolute atomic E-state index is 0.0768. The molecule has 1 unspecified atom stereocenters. The average Bonchev–Trinajstić information content (AvgIpc) is 2.59. The van der Waals surface area contributed by atoms with E-state index >= 15 is 0 Å². The van der Waals surface area contributed by atoms with Gasteiger partial charge in [-0.2, -0.15) is 0 Å². The van der Waals surface area contributed by atoms with Crippen LogP contribution in [-0.4, -0.2) is 25.7 Å². The second kappa shape index (κ2) is 7.15. The van der Waals surface area contributed by atoms with Gasteiger partial charge in [0.1, 0.15) is 18.5 Å². The van der Waals surface area contributed by atoms with E-state index in [0.29, 0.717) is 25.4 Å². The second-order valence-electron chi connectivity index (χ2n) is 5.21. The molecule has 0 spiro atoms. The van der Waals surface area contributed by atoms with Crippen LogP contribution in [0.3, 0.4) is 0 Å². The maximum absolute atomic E-state index is 12.2. The Bertz CT molecular complexity index is 687. The van der Waals surface area contributed by atoms with Gasteiger partial charge >= 0.3 is 0 Å². The molecule has 1 aliphatic heterocycles. The molecule has 3 rings (SSSR count). The van der Waals surface area contributed by atoms with Crippen molar-refractivity contribution < 1.29 is 14.3 Å². The number of amides is 1. The summed E-state index contributed by atoms with van der Waals surface area (Å²) in [5, 5.41) is 6.30. The van der Waals surface area contributed by atoms with Crippen molar-refractivity contribution in [3.8, 4) is 5.75 Å². The van der Waals surface area contributed by atoms with Crippen LogP contribution in [0.4, 0.5) is 5.69 Å². The quantitative estimate of drug-likeness (QED) is 0.805. The number of para-hydroxylation sites is 1. The van der Waals surface area contributed by atoms with Gasteiger partial charge in [-0.05, 0) is 36.8 Å². The van der Waals surface area contributed by atoms with E-state index in [2.05, 4.69) is 10.6 Å². The molecule has 1 atom stereocenters. The Balaban J connectivity index is 1.71. The number of hydrogen-bond donors (Lipinski definition) is 2. The summed E-state index contributed by atoms with van der Waals surface area (Å²) < 4.78 is 10.9. The van der Waals surface area contributed by atoms with Crippen LogP contribution in [0.1, 0.15) is 29.0 Å². The number of hydrogen-bond acceptors (Lipinski definition) is 4. The number of fused-ring (bicyclic) bond motifs is 1. The highest BCUT2D eigenvalue weighted by molar-refractivity contribution is 6.01. The molecular weight excluding hydrogens is 292 g/mol. The molecule has 0 saturated carbocycles. The van der Waals surface area contributed by atoms with Gasteiger partial charge in [-0.1, -0.05) is 24.3 Å². The standard InChI is InChI=1S/C18H20N2O3/c1-2-22-10-11-23-14-7-5-6-13(12-14)17-19-16-9-4-3-8-15(16)18(21)20-17/h3-9,12,17,19H,2,10-11H2,1H3,(H,20,21). The Kier molecular flexibility index (Phi) is 4.78. The third-order valence-electron chi connectivity index (χ3n) is 3.64. The topological polar surface area (TPSA) is 59.6 Å². The molecule has 2 aromatic carbocycles. The fourth-order valence-corrected chi connectivity index (χ4v) is 2.52. The predicted octanol–water partition coefficient (Wildman–Crippen LogP) is 2.96. The minimum atomic E-state index is -0.271. The van der Waals surface area contributed by atoms with Gasteiger partial charge in [-0.3, -0.25) is 4.79 Å². The van der Waals surface area contributed by atoms with Crippen molar-refractivity contribution in [3.63, 3.8) is 0 Å². The number of anilines is 1. The van der Waals surface area contributed by atoms with Crippen LogP contribution < -0.4 is 15.4 Å². The summed E-state index contributed by atoms with van der Waals surface area (Å²) in [6.45, 7) is 3.70. The third-order valence-corrected chi connectivity index (χ3v) is 3.64. The first-order valence-corrected chi connectivity index (χ1v) is 7.75. The highest BCUT2D eigenvalue weighted by atomic mass is 16.5. The lowest BCUT2D eigenvalue weighted by Crippen LogP contribution is -2.38. The van der Waals surface area contributed by atoms with Crippen LogP contribution in [0.25, 0.3) is 0 Å². The maximum atomic E-state index is 12.2. The molecule has 1 aliphatic rings. The number of rotatable bonds is 6. The van der Waals surface area contributed by atoms with E-state index in [1.807, 2.05) is 49.4 Å². The van der Waals surface area contributed by atoms with Crippen LogP contribution in [0.5, 0.6) is 5.75 Å². The van der Waals surface area contributed by atoms with Crippen molar-refractivity contribution in [2.45, 2.75) is 13.1 Å². The maximum Gasteiger partial charge on any atom is 0.255 e. The van der Waals surface area contributed by atoms with Crippen LogP contribution >= 0.6 is 0 Å². The molecule has 5 heteroatoms. The summed E-state index contributed by atoms with van der Waals surface area (Å²) in [6.07, 6.45) is -0.271. The van der Waals surface area contributed by atoms with Gasteiger partial charge in [-0.25, -0.2) is 0 Å². The summed E-state index contributed by atoms with van der Waals surface area (Å²) >= 11 is 0. The second-order valence-corrected chi connectivity index (χ2v) is 5.21. The summed E-state index contributed by atoms with van der Waals surface area (Å²) in [5.74, 6) is 0.684. The zero-order valence-corrected chi connectivity index (χ0v) is 13.0. The molecular formula is C18H20N2O3. The van der Waals surface area contributed by atoms with E-state index < -0.39 is 0 Å². The van der Waals surface area contributed by atoms with Crippen LogP contribution in [0.2, 0.25) is 0 Å². The summed E-state index contributed by atoms with van der Waals surface area (Å²) in [5.41, 5.74) is 2.44. The fourth-order valence-electron chi connectivity index (χ4n) is 2.52. The van der Waals surface area contributed by atoms with E-state index in [-0.39, 0.29) is 12.1 Å². The van der Waals surface area contributed by atoms with Gasteiger partial charge in [0, 0.05) is 12.3 Å². The lowest BCUT2D eigenvalue weighted by atomic mass is 10.1. The van der Waals surface area contributed by atoms with Crippen molar-refractivity contribution in [2.75, 3.05) is 25.1 Å². The largest absolute Gasteiger partial charge is 0.491 e. The van der Waals surface area contributed by atoms with Gasteiger partial charge in [0.25, 0.3) is 5.91 Å². The highest BCUT2D eigenvalue weighted by Crippen LogP contribution is 2.27. The van der Waals surface area contributed by atoms with Crippen LogP contribution in [0, 0.1) is 0 Å². The molecule has 5 nitrogen and oxygen atoms in total. The van der Waals surface area contributed by atoms with E-state index in [9.17, 15) is 4.79 Å². The van der Waals surface area contributed by atoms with Crippen molar-refractivity contribution in [2.24, 2.45) is 0 Å². The monoisotopic (exact) mass is 312 g/mol. The first-order valence-electron chi connectivity index (χ1n) is 7.75. The fraction of sp³-hybridized carbons (Fsp3) is 0.278. The van der Waals surface area contributed by atoms with Crippen molar-refractivity contribution in [1.82, 2.24) is 5.32 Å². The number of carbonyl (C=O) groups excluding carboxylic acids is 1. The van der Waals surface area contributed by atoms with Crippen molar-refractivity contribution >= 4 is 11.6 Å². The third kappa shape index (κ3) is 3.63. The zero-order chi connectivity index (χ0) is 16.1. The number of carbonyl (C=O) groups is 1. The van der Waals surface area contributed by atoms with Crippen LogP contribution in [-0.2, 0) is 4.74 Å². The van der Waals surface area contributed by atoms with Crippen LogP contribution in [0.15, 0.2) is 48.5 Å². The molecule has 0 saturated heterocycles. The number of ether oxygens (including phenoxy) is 2. The molecule has 0 fully saturated rings. The van der Waals surface area contributed by atoms with Gasteiger partial charge < -0.3 is 20.1 Å². The summed E-state index contributed by atoms with van der Waals surface area (Å²) in [6, 6.07) is 15.2. The first kappa shape index (κ1) is 15.4. The molecule has 1 amide bonds. The normalized spacial score (nSPS) is 16.2. The molecule has 2 N–H and O–H groups in total. The summed E-state index contributed by atoms with van der Waals surface area (Å²) in [7, 11) is 0. The first-order chi connectivity index (χ1) is 11.3. The Morgan fingerprint density at radius 3 is 2.78 bits per heavy atom. The highest BCUT2D eigenvalue weighted by Gasteiger charge is 2.24. The Labute approximate surface area is 135 Å². The molecule has 23 heavy (non-hydrogen) atoms. The molecule has 2 aromatic rings. The van der Waals surface area contributed by atoms with Gasteiger partial charge in [0.05, 0.1) is 12.2 Å². The Morgan fingerprint density at radius 1 is 1.04 bits per heavy atom. The molecule has 120 valence electrons. The molecule has 1 heterocycles. The van der Waals surface area contributed by atoms with Crippen molar-refractivity contribution in [3.05, 3.63) is 59.7 Å². The van der Waals surface area contributed by atoms with E-state index in [4.69, 9.17) is 9.47 Å². The molecule has 0 radical (unpaired) electrons. The predicted molar refractivity (Wildman–Crippen MR) is 88.7 cm³/mol. The SMILES string of the molecule is CCOCCOc1cccc(C2NC(=O)c3ccccc3N2)c1. The number of benzene rings is 2. The molecule has 0 aromatic heterocycles. The zero-order valence-electron chi connectivity index (χ0n) is 13.0. The lowest BCUT2D eigenvalue weighted by molar-refractivity contribution is 0.0935. The van der Waals surface area contributed by atoms with Gasteiger partial charge in [0.2, 0.25) is 0 Å². The average molecular weight is 312 g/mol. The number of nitrogens with one attached hydrogen (secondary N) is 2. The molecule has 0 bridgehead atoms. The van der Waals surface area contributed by atoms with E-state index in [0.717, 1.165) is 17.0 Å². The lowest BCUT2D eigenvalue weighted by Gasteiger charge is -2.28. The minimum Gasteiger partial charge on any atom is -0.491 e. The smallest absolute Gasteiger partial charge is 0.255 e. The van der Waals surface area contributed by atoms with Gasteiger partial charge in [0.15, 0.2) is 0 Å². The van der Waals surface area contributed by atoms with Crippen molar-refractivity contribution in [1.29, 1.82) is 0 Å². The van der Waals surface area contributed by atoms with E-state index in [1.54, 1.807) is 6.07 Å².